The fourth-order valence-corrected chi connectivity index (χ4v) is 5.07. The number of imidazole rings is 1. The largest absolute Gasteiger partial charge is 0.328 e. The Morgan fingerprint density at radius 2 is 1.56 bits per heavy atom. The average molecular weight is 457 g/mol. The molecule has 4 nitrogen and oxygen atoms in total. The van der Waals surface area contributed by atoms with Crippen LogP contribution in [0.3, 0.4) is 0 Å². The molecule has 0 amide bonds. The third-order valence-corrected chi connectivity index (χ3v) is 6.89. The Kier molecular flexibility index (Phi) is 6.75. The predicted octanol–water partition coefficient (Wildman–Crippen LogP) is 5.88. The molecule has 1 aliphatic rings. The van der Waals surface area contributed by atoms with Crippen molar-refractivity contribution in [2.75, 3.05) is 26.2 Å². The maximum atomic E-state index is 13.4. The molecule has 0 unspecified atom stereocenters. The van der Waals surface area contributed by atoms with Gasteiger partial charge in [0.25, 0.3) is 0 Å². The summed E-state index contributed by atoms with van der Waals surface area (Å²) in [5.74, 6) is 0.907. The minimum absolute atomic E-state index is 0.194. The van der Waals surface area contributed by atoms with Gasteiger partial charge in [0.1, 0.15) is 11.6 Å². The lowest BCUT2D eigenvalue weighted by Crippen LogP contribution is -2.45. The van der Waals surface area contributed by atoms with E-state index in [4.69, 9.17) is 4.98 Å². The summed E-state index contributed by atoms with van der Waals surface area (Å²) < 4.78 is 15.7. The van der Waals surface area contributed by atoms with Gasteiger partial charge in [-0.1, -0.05) is 49.4 Å². The Balaban J connectivity index is 1.21. The molecule has 0 bridgehead atoms. The molecule has 0 radical (unpaired) electrons. The molecule has 3 aromatic carbocycles. The zero-order valence-electron chi connectivity index (χ0n) is 20.2. The number of halogens is 1. The Hall–Kier alpha value is -3.02. The molecule has 1 fully saturated rings. The van der Waals surface area contributed by atoms with E-state index in [-0.39, 0.29) is 5.82 Å². The third kappa shape index (κ3) is 4.91. The first-order chi connectivity index (χ1) is 16.6. The zero-order chi connectivity index (χ0) is 23.5. The van der Waals surface area contributed by atoms with E-state index in [1.54, 1.807) is 0 Å². The van der Waals surface area contributed by atoms with E-state index in [0.717, 1.165) is 69.1 Å². The smallest absolute Gasteiger partial charge is 0.123 e. The van der Waals surface area contributed by atoms with E-state index >= 15 is 0 Å². The summed E-state index contributed by atoms with van der Waals surface area (Å²) in [6.07, 6.45) is 1.12. The van der Waals surface area contributed by atoms with Crippen molar-refractivity contribution in [2.24, 2.45) is 0 Å². The van der Waals surface area contributed by atoms with Gasteiger partial charge in [-0.2, -0.15) is 0 Å². The highest BCUT2D eigenvalue weighted by atomic mass is 19.1. The number of rotatable bonds is 7. The van der Waals surface area contributed by atoms with Crippen molar-refractivity contribution in [2.45, 2.75) is 39.9 Å². The summed E-state index contributed by atoms with van der Waals surface area (Å²) in [4.78, 5) is 9.86. The van der Waals surface area contributed by atoms with Crippen LogP contribution in [-0.4, -0.2) is 45.5 Å². The minimum atomic E-state index is -0.194. The molecule has 1 saturated heterocycles. The van der Waals surface area contributed by atoms with Gasteiger partial charge in [0.15, 0.2) is 0 Å². The third-order valence-electron chi connectivity index (χ3n) is 6.89. The minimum Gasteiger partial charge on any atom is -0.328 e. The number of benzene rings is 3. The Bertz CT molecular complexity index is 1250. The van der Waals surface area contributed by atoms with Crippen LogP contribution >= 0.6 is 0 Å². The topological polar surface area (TPSA) is 24.3 Å². The molecule has 2 heterocycles. The average Bonchev–Trinajstić information content (AvgIpc) is 3.16. The fourth-order valence-electron chi connectivity index (χ4n) is 5.07. The highest BCUT2D eigenvalue weighted by molar-refractivity contribution is 5.77. The molecule has 0 N–H and O–H groups in total. The zero-order valence-corrected chi connectivity index (χ0v) is 20.2. The summed E-state index contributed by atoms with van der Waals surface area (Å²) in [5.41, 5.74) is 7.25. The van der Waals surface area contributed by atoms with Gasteiger partial charge in [-0.15, -0.1) is 0 Å². The highest BCUT2D eigenvalue weighted by Crippen LogP contribution is 2.26. The van der Waals surface area contributed by atoms with Crippen molar-refractivity contribution in [3.63, 3.8) is 0 Å². The van der Waals surface area contributed by atoms with Crippen molar-refractivity contribution >= 4 is 11.0 Å². The molecule has 5 heteroatoms. The van der Waals surface area contributed by atoms with E-state index in [1.807, 2.05) is 12.1 Å². The van der Waals surface area contributed by atoms with Crippen molar-refractivity contribution in [1.82, 2.24) is 19.4 Å². The van der Waals surface area contributed by atoms with Crippen LogP contribution in [0, 0.1) is 12.7 Å². The van der Waals surface area contributed by atoms with Crippen LogP contribution < -0.4 is 0 Å². The normalized spacial score (nSPS) is 15.3. The molecule has 1 aromatic heterocycles. The predicted molar refractivity (Wildman–Crippen MR) is 137 cm³/mol. The maximum Gasteiger partial charge on any atom is 0.123 e. The van der Waals surface area contributed by atoms with Gasteiger partial charge in [0.05, 0.1) is 11.0 Å². The van der Waals surface area contributed by atoms with Gasteiger partial charge < -0.3 is 4.57 Å². The Morgan fingerprint density at radius 1 is 0.853 bits per heavy atom. The second kappa shape index (κ2) is 10.1. The van der Waals surface area contributed by atoms with Crippen LogP contribution in [0.25, 0.3) is 22.2 Å². The lowest BCUT2D eigenvalue weighted by molar-refractivity contribution is 0.122. The van der Waals surface area contributed by atoms with Crippen LogP contribution in [0.5, 0.6) is 0 Å². The van der Waals surface area contributed by atoms with Crippen LogP contribution in [0.15, 0.2) is 66.7 Å². The van der Waals surface area contributed by atoms with Crippen LogP contribution in [-0.2, 0) is 19.6 Å². The molecule has 176 valence electrons. The van der Waals surface area contributed by atoms with Crippen molar-refractivity contribution < 1.29 is 4.39 Å². The lowest BCUT2D eigenvalue weighted by Gasteiger charge is -2.35. The number of piperazine rings is 1. The SMILES string of the molecule is CCCn1c(C)nc2cc(CN3CCN(Cc4ccccc4-c4ccc(F)cc4)CC3)ccc21. The molecule has 5 rings (SSSR count). The fraction of sp³-hybridized carbons (Fsp3) is 0.345. The summed E-state index contributed by atoms with van der Waals surface area (Å²) >= 11 is 0. The monoisotopic (exact) mass is 456 g/mol. The number of fused-ring (bicyclic) bond motifs is 1. The van der Waals surface area contributed by atoms with Crippen molar-refractivity contribution in [3.8, 4) is 11.1 Å². The van der Waals surface area contributed by atoms with E-state index in [0.29, 0.717) is 0 Å². The molecular weight excluding hydrogens is 423 g/mol. The van der Waals surface area contributed by atoms with E-state index in [2.05, 4.69) is 70.7 Å². The quantitative estimate of drug-likeness (QED) is 0.347. The molecule has 0 spiro atoms. The number of hydrogen-bond donors (Lipinski definition) is 0. The van der Waals surface area contributed by atoms with Gasteiger partial charge in [0.2, 0.25) is 0 Å². The summed E-state index contributed by atoms with van der Waals surface area (Å²) in [6, 6.07) is 22.1. The van der Waals surface area contributed by atoms with E-state index in [9.17, 15) is 4.39 Å². The van der Waals surface area contributed by atoms with Gasteiger partial charge in [-0.3, -0.25) is 9.80 Å². The molecule has 34 heavy (non-hydrogen) atoms. The highest BCUT2D eigenvalue weighted by Gasteiger charge is 2.19. The number of nitrogens with zero attached hydrogens (tertiary/aromatic N) is 4. The van der Waals surface area contributed by atoms with Crippen LogP contribution in [0.2, 0.25) is 0 Å². The summed E-state index contributed by atoms with van der Waals surface area (Å²) in [5, 5.41) is 0. The first-order valence-electron chi connectivity index (χ1n) is 12.3. The van der Waals surface area contributed by atoms with E-state index < -0.39 is 0 Å². The number of aryl methyl sites for hydroxylation is 2. The number of hydrogen-bond acceptors (Lipinski definition) is 3. The van der Waals surface area contributed by atoms with Crippen molar-refractivity contribution in [1.29, 1.82) is 0 Å². The molecular formula is C29H33FN4. The van der Waals surface area contributed by atoms with Gasteiger partial charge in [-0.25, -0.2) is 9.37 Å². The molecule has 4 aromatic rings. The van der Waals surface area contributed by atoms with Gasteiger partial charge in [-0.05, 0) is 59.9 Å². The summed E-state index contributed by atoms with van der Waals surface area (Å²) in [6.45, 7) is 11.4. The molecule has 0 saturated carbocycles. The molecule has 0 aliphatic carbocycles. The standard InChI is InChI=1S/C29H33FN4/c1-3-14-34-22(2)31-28-19-23(8-13-29(28)34)20-32-15-17-33(18-16-32)21-25-6-4-5-7-27(25)24-9-11-26(30)12-10-24/h4-13,19H,3,14-18,20-21H2,1-2H3. The van der Waals surface area contributed by atoms with Gasteiger partial charge >= 0.3 is 0 Å². The molecule has 0 atom stereocenters. The Morgan fingerprint density at radius 3 is 2.29 bits per heavy atom. The lowest BCUT2D eigenvalue weighted by atomic mass is 9.99. The van der Waals surface area contributed by atoms with Gasteiger partial charge in [0, 0.05) is 45.8 Å². The molecule has 1 aliphatic heterocycles. The second-order valence-electron chi connectivity index (χ2n) is 9.35. The number of aromatic nitrogens is 2. The summed E-state index contributed by atoms with van der Waals surface area (Å²) in [7, 11) is 0. The maximum absolute atomic E-state index is 13.4. The second-order valence-corrected chi connectivity index (χ2v) is 9.35. The van der Waals surface area contributed by atoms with Crippen LogP contribution in [0.1, 0.15) is 30.3 Å². The Labute approximate surface area is 201 Å². The van der Waals surface area contributed by atoms with Crippen molar-refractivity contribution in [3.05, 3.63) is 89.5 Å². The van der Waals surface area contributed by atoms with Crippen LogP contribution in [0.4, 0.5) is 4.39 Å². The first kappa shape index (κ1) is 22.8. The first-order valence-corrected chi connectivity index (χ1v) is 12.3. The van der Waals surface area contributed by atoms with E-state index in [1.165, 1.54) is 34.3 Å².